The van der Waals surface area contributed by atoms with Gasteiger partial charge in [-0.2, -0.15) is 0 Å². The number of carbonyl (C=O) groups is 3. The van der Waals surface area contributed by atoms with E-state index in [0.717, 1.165) is 18.4 Å². The number of likely N-dealkylation sites (tertiary alicyclic amines) is 1. The summed E-state index contributed by atoms with van der Waals surface area (Å²) in [5.41, 5.74) is 1.45. The number of aromatic carboxylic acids is 1. The molecule has 1 aliphatic heterocycles. The monoisotopic (exact) mass is 458 g/mol. The maximum Gasteiger partial charge on any atom is 0.410 e. The van der Waals surface area contributed by atoms with Crippen LogP contribution in [0.1, 0.15) is 50.4 Å². The third kappa shape index (κ3) is 5.79. The summed E-state index contributed by atoms with van der Waals surface area (Å²) in [5, 5.41) is 12.4. The topological polar surface area (TPSA) is 95.9 Å². The van der Waals surface area contributed by atoms with E-state index in [1.54, 1.807) is 51.1 Å². The van der Waals surface area contributed by atoms with Crippen molar-refractivity contribution in [3.05, 3.63) is 53.1 Å². The molecule has 1 fully saturated rings. The molecule has 2 aromatic rings. The molecule has 0 saturated carbocycles. The van der Waals surface area contributed by atoms with Gasteiger partial charge < -0.3 is 15.2 Å². The summed E-state index contributed by atoms with van der Waals surface area (Å²) in [6.45, 7) is 5.85. The largest absolute Gasteiger partial charge is 0.478 e. The fourth-order valence-corrected chi connectivity index (χ4v) is 3.81. The van der Waals surface area contributed by atoms with Gasteiger partial charge in [0, 0.05) is 22.8 Å². The van der Waals surface area contributed by atoms with E-state index in [1.165, 1.54) is 17.0 Å². The van der Waals surface area contributed by atoms with E-state index in [4.69, 9.17) is 21.4 Å². The van der Waals surface area contributed by atoms with Crippen molar-refractivity contribution in [1.82, 2.24) is 4.90 Å². The summed E-state index contributed by atoms with van der Waals surface area (Å²) in [6.07, 6.45) is 1.73. The van der Waals surface area contributed by atoms with Crippen LogP contribution in [0.5, 0.6) is 0 Å². The second-order valence-electron chi connectivity index (χ2n) is 8.75. The zero-order valence-electron chi connectivity index (χ0n) is 18.4. The lowest BCUT2D eigenvalue weighted by molar-refractivity contribution is -0.122. The van der Waals surface area contributed by atoms with Gasteiger partial charge in [-0.05, 0) is 75.9 Å². The Kier molecular flexibility index (Phi) is 7.09. The van der Waals surface area contributed by atoms with Crippen LogP contribution in [-0.4, -0.2) is 46.2 Å². The minimum atomic E-state index is -1.01. The second-order valence-corrected chi connectivity index (χ2v) is 9.16. The molecule has 2 N–H and O–H groups in total. The highest BCUT2D eigenvalue weighted by molar-refractivity contribution is 6.33. The van der Waals surface area contributed by atoms with Crippen LogP contribution in [-0.2, 0) is 9.53 Å². The molecule has 1 heterocycles. The average Bonchev–Trinajstić information content (AvgIpc) is 2.74. The SMILES string of the molecule is CC(C)(C)OC(=O)N1CCCC[C@@H]1C(=O)Nc1ccc(Cl)c(-c2ccc(C(=O)O)cc2)c1. The molecular formula is C24H27ClN2O5. The number of hydrogen-bond acceptors (Lipinski definition) is 4. The van der Waals surface area contributed by atoms with E-state index < -0.39 is 23.7 Å². The zero-order chi connectivity index (χ0) is 23.5. The third-order valence-corrected chi connectivity index (χ3v) is 5.44. The normalized spacial score (nSPS) is 16.4. The van der Waals surface area contributed by atoms with Crippen LogP contribution in [0, 0.1) is 0 Å². The van der Waals surface area contributed by atoms with Crippen LogP contribution in [0.15, 0.2) is 42.5 Å². The molecular weight excluding hydrogens is 432 g/mol. The molecule has 0 unspecified atom stereocenters. The number of hydrogen-bond donors (Lipinski definition) is 2. The summed E-state index contributed by atoms with van der Waals surface area (Å²) in [4.78, 5) is 38.2. The minimum absolute atomic E-state index is 0.175. The van der Waals surface area contributed by atoms with Crippen LogP contribution in [0.3, 0.4) is 0 Å². The van der Waals surface area contributed by atoms with E-state index in [0.29, 0.717) is 29.2 Å². The number of piperidine rings is 1. The van der Waals surface area contributed by atoms with Gasteiger partial charge in [-0.3, -0.25) is 9.69 Å². The van der Waals surface area contributed by atoms with Gasteiger partial charge in [0.15, 0.2) is 0 Å². The summed E-state index contributed by atoms with van der Waals surface area (Å²) in [6, 6.07) is 10.8. The first-order valence-corrected chi connectivity index (χ1v) is 10.9. The molecule has 3 rings (SSSR count). The molecule has 0 aliphatic carbocycles. The second kappa shape index (κ2) is 9.61. The van der Waals surface area contributed by atoms with Gasteiger partial charge in [0.25, 0.3) is 0 Å². The van der Waals surface area contributed by atoms with Crippen LogP contribution >= 0.6 is 11.6 Å². The first-order chi connectivity index (χ1) is 15.0. The fraction of sp³-hybridized carbons (Fsp3) is 0.375. The van der Waals surface area contributed by atoms with Gasteiger partial charge in [0.1, 0.15) is 11.6 Å². The smallest absolute Gasteiger partial charge is 0.410 e. The Morgan fingerprint density at radius 3 is 2.41 bits per heavy atom. The van der Waals surface area contributed by atoms with Crippen LogP contribution in [0.25, 0.3) is 11.1 Å². The molecule has 0 radical (unpaired) electrons. The molecule has 1 aliphatic rings. The van der Waals surface area contributed by atoms with Crippen molar-refractivity contribution in [1.29, 1.82) is 0 Å². The number of benzene rings is 2. The standard InChI is InChI=1S/C24H27ClN2O5/c1-24(2,3)32-23(31)27-13-5-4-6-20(27)21(28)26-17-11-12-19(25)18(14-17)15-7-9-16(10-8-15)22(29)30/h7-12,14,20H,4-6,13H2,1-3H3,(H,26,28)(H,29,30)/t20-/m1/s1. The lowest BCUT2D eigenvalue weighted by atomic mass is 10.0. The number of anilines is 1. The number of halogens is 1. The van der Waals surface area contributed by atoms with Gasteiger partial charge >= 0.3 is 12.1 Å². The molecule has 2 amide bonds. The molecule has 32 heavy (non-hydrogen) atoms. The molecule has 0 spiro atoms. The number of amides is 2. The Bertz CT molecular complexity index is 1010. The van der Waals surface area contributed by atoms with Crippen molar-refractivity contribution in [3.63, 3.8) is 0 Å². The lowest BCUT2D eigenvalue weighted by Crippen LogP contribution is -2.51. The van der Waals surface area contributed by atoms with Gasteiger partial charge in [0.2, 0.25) is 5.91 Å². The van der Waals surface area contributed by atoms with Crippen molar-refractivity contribution >= 4 is 35.3 Å². The Balaban J connectivity index is 1.78. The Morgan fingerprint density at radius 1 is 1.09 bits per heavy atom. The van der Waals surface area contributed by atoms with E-state index in [2.05, 4.69) is 5.32 Å². The van der Waals surface area contributed by atoms with Crippen molar-refractivity contribution < 1.29 is 24.2 Å². The van der Waals surface area contributed by atoms with Gasteiger partial charge in [0.05, 0.1) is 5.56 Å². The van der Waals surface area contributed by atoms with Gasteiger partial charge in [-0.1, -0.05) is 23.7 Å². The van der Waals surface area contributed by atoms with Crippen LogP contribution in [0.4, 0.5) is 10.5 Å². The van der Waals surface area contributed by atoms with Crippen molar-refractivity contribution in [2.24, 2.45) is 0 Å². The number of carbonyl (C=O) groups excluding carboxylic acids is 2. The summed E-state index contributed by atoms with van der Waals surface area (Å²) < 4.78 is 5.47. The number of rotatable bonds is 4. The maximum atomic E-state index is 13.0. The van der Waals surface area contributed by atoms with E-state index in [1.807, 2.05) is 0 Å². The Hall–Kier alpha value is -3.06. The first-order valence-electron chi connectivity index (χ1n) is 10.5. The number of ether oxygens (including phenoxy) is 1. The molecule has 0 bridgehead atoms. The van der Waals surface area contributed by atoms with Gasteiger partial charge in [-0.15, -0.1) is 0 Å². The average molecular weight is 459 g/mol. The molecule has 1 atom stereocenters. The first kappa shape index (κ1) is 23.6. The molecule has 0 aromatic heterocycles. The zero-order valence-corrected chi connectivity index (χ0v) is 19.1. The van der Waals surface area contributed by atoms with E-state index >= 15 is 0 Å². The lowest BCUT2D eigenvalue weighted by Gasteiger charge is -2.35. The molecule has 2 aromatic carbocycles. The van der Waals surface area contributed by atoms with E-state index in [9.17, 15) is 14.4 Å². The predicted molar refractivity (Wildman–Crippen MR) is 123 cm³/mol. The minimum Gasteiger partial charge on any atom is -0.478 e. The summed E-state index contributed by atoms with van der Waals surface area (Å²) >= 11 is 6.35. The number of carboxylic acids is 1. The summed E-state index contributed by atoms with van der Waals surface area (Å²) in [7, 11) is 0. The third-order valence-electron chi connectivity index (χ3n) is 5.11. The summed E-state index contributed by atoms with van der Waals surface area (Å²) in [5.74, 6) is -1.30. The number of nitrogens with zero attached hydrogens (tertiary/aromatic N) is 1. The molecule has 170 valence electrons. The molecule has 8 heteroatoms. The molecule has 1 saturated heterocycles. The van der Waals surface area contributed by atoms with Crippen molar-refractivity contribution in [2.75, 3.05) is 11.9 Å². The van der Waals surface area contributed by atoms with E-state index in [-0.39, 0.29) is 11.5 Å². The number of nitrogens with one attached hydrogen (secondary N) is 1. The fourth-order valence-electron chi connectivity index (χ4n) is 3.59. The van der Waals surface area contributed by atoms with Crippen molar-refractivity contribution in [2.45, 2.75) is 51.7 Å². The predicted octanol–water partition coefficient (Wildman–Crippen LogP) is 5.43. The van der Waals surface area contributed by atoms with Gasteiger partial charge in [-0.25, -0.2) is 9.59 Å². The van der Waals surface area contributed by atoms with Crippen LogP contribution < -0.4 is 5.32 Å². The highest BCUT2D eigenvalue weighted by atomic mass is 35.5. The quantitative estimate of drug-likeness (QED) is 0.636. The van der Waals surface area contributed by atoms with Crippen molar-refractivity contribution in [3.8, 4) is 11.1 Å². The number of carboxylic acid groups (broad SMARTS) is 1. The van der Waals surface area contributed by atoms with Crippen LogP contribution in [0.2, 0.25) is 5.02 Å². The molecule has 7 nitrogen and oxygen atoms in total. The Morgan fingerprint density at radius 2 is 1.78 bits per heavy atom. The highest BCUT2D eigenvalue weighted by Gasteiger charge is 2.34. The Labute approximate surface area is 192 Å². The highest BCUT2D eigenvalue weighted by Crippen LogP contribution is 2.31. The maximum absolute atomic E-state index is 13.0.